The Labute approximate surface area is 113 Å². The van der Waals surface area contributed by atoms with E-state index >= 15 is 0 Å². The van der Waals surface area contributed by atoms with E-state index in [0.717, 1.165) is 22.9 Å². The van der Waals surface area contributed by atoms with Crippen molar-refractivity contribution in [3.8, 4) is 11.5 Å². The minimum Gasteiger partial charge on any atom is -0.497 e. The predicted molar refractivity (Wildman–Crippen MR) is 73.1 cm³/mol. The van der Waals surface area contributed by atoms with E-state index in [0.29, 0.717) is 6.61 Å². The Kier molecular flexibility index (Phi) is 4.06. The lowest BCUT2D eigenvalue weighted by Gasteiger charge is -2.15. The van der Waals surface area contributed by atoms with E-state index in [2.05, 4.69) is 4.98 Å². The number of nitrogens with two attached hydrogens (primary N) is 1. The van der Waals surface area contributed by atoms with Gasteiger partial charge in [0.1, 0.15) is 23.9 Å². The van der Waals surface area contributed by atoms with Crippen molar-refractivity contribution in [3.05, 3.63) is 42.0 Å². The molecule has 102 valence electrons. The highest BCUT2D eigenvalue weighted by Crippen LogP contribution is 2.29. The molecule has 0 spiro atoms. The Morgan fingerprint density at radius 1 is 1.42 bits per heavy atom. The standard InChI is InChI=1S/C14H19N3O2/c1-10(15)12-5-4-11(18-3)8-13(12)19-9-14-16-6-7-17(14)2/h4-8,10H,9,15H2,1-3H3/t10-/m0/s1. The maximum atomic E-state index is 5.94. The minimum absolute atomic E-state index is 0.0951. The molecule has 2 rings (SSSR count). The van der Waals surface area contributed by atoms with Crippen molar-refractivity contribution in [2.45, 2.75) is 19.6 Å². The molecule has 1 heterocycles. The molecule has 0 fully saturated rings. The molecular weight excluding hydrogens is 242 g/mol. The van der Waals surface area contributed by atoms with Crippen LogP contribution in [0.3, 0.4) is 0 Å². The topological polar surface area (TPSA) is 62.3 Å². The first-order valence-corrected chi connectivity index (χ1v) is 6.14. The number of aryl methyl sites for hydroxylation is 1. The largest absolute Gasteiger partial charge is 0.497 e. The summed E-state index contributed by atoms with van der Waals surface area (Å²) in [5.41, 5.74) is 6.90. The number of aromatic nitrogens is 2. The van der Waals surface area contributed by atoms with Gasteiger partial charge in [-0.1, -0.05) is 6.07 Å². The summed E-state index contributed by atoms with van der Waals surface area (Å²) in [5.74, 6) is 2.34. The van der Waals surface area contributed by atoms with Crippen molar-refractivity contribution in [2.75, 3.05) is 7.11 Å². The number of hydrogen-bond acceptors (Lipinski definition) is 4. The summed E-state index contributed by atoms with van der Waals surface area (Å²) in [6.45, 7) is 2.33. The van der Waals surface area contributed by atoms with Crippen molar-refractivity contribution < 1.29 is 9.47 Å². The molecule has 1 aromatic heterocycles. The Bertz CT molecular complexity index is 549. The fourth-order valence-electron chi connectivity index (χ4n) is 1.82. The van der Waals surface area contributed by atoms with E-state index in [-0.39, 0.29) is 6.04 Å². The van der Waals surface area contributed by atoms with Crippen molar-refractivity contribution in [3.63, 3.8) is 0 Å². The molecule has 2 aromatic rings. The van der Waals surface area contributed by atoms with Gasteiger partial charge in [-0.05, 0) is 13.0 Å². The van der Waals surface area contributed by atoms with E-state index in [1.807, 2.05) is 42.9 Å². The summed E-state index contributed by atoms with van der Waals surface area (Å²) < 4.78 is 13.0. The highest BCUT2D eigenvalue weighted by molar-refractivity contribution is 5.42. The third kappa shape index (κ3) is 3.06. The van der Waals surface area contributed by atoms with Crippen LogP contribution >= 0.6 is 0 Å². The molecule has 0 saturated carbocycles. The van der Waals surface area contributed by atoms with Crippen LogP contribution < -0.4 is 15.2 Å². The third-order valence-corrected chi connectivity index (χ3v) is 2.99. The van der Waals surface area contributed by atoms with Crippen molar-refractivity contribution in [2.24, 2.45) is 12.8 Å². The normalized spacial score (nSPS) is 12.2. The Balaban J connectivity index is 2.20. The number of methoxy groups -OCH3 is 1. The number of rotatable bonds is 5. The van der Waals surface area contributed by atoms with Gasteiger partial charge in [0, 0.05) is 37.1 Å². The van der Waals surface area contributed by atoms with E-state index in [9.17, 15) is 0 Å². The van der Waals surface area contributed by atoms with Gasteiger partial charge in [0.25, 0.3) is 0 Å². The van der Waals surface area contributed by atoms with Crippen LogP contribution in [0.1, 0.15) is 24.4 Å². The molecule has 0 aliphatic carbocycles. The Morgan fingerprint density at radius 2 is 2.21 bits per heavy atom. The predicted octanol–water partition coefficient (Wildman–Crippen LogP) is 2.03. The highest BCUT2D eigenvalue weighted by atomic mass is 16.5. The zero-order chi connectivity index (χ0) is 13.8. The average molecular weight is 261 g/mol. The van der Waals surface area contributed by atoms with E-state index in [4.69, 9.17) is 15.2 Å². The zero-order valence-corrected chi connectivity index (χ0v) is 11.5. The van der Waals surface area contributed by atoms with Crippen molar-refractivity contribution in [1.82, 2.24) is 9.55 Å². The lowest BCUT2D eigenvalue weighted by molar-refractivity contribution is 0.285. The summed E-state index contributed by atoms with van der Waals surface area (Å²) in [4.78, 5) is 4.22. The number of benzene rings is 1. The van der Waals surface area contributed by atoms with Crippen LogP contribution in [0, 0.1) is 0 Å². The van der Waals surface area contributed by atoms with Crippen LogP contribution in [0.25, 0.3) is 0 Å². The molecule has 2 N–H and O–H groups in total. The first kappa shape index (κ1) is 13.4. The van der Waals surface area contributed by atoms with Gasteiger partial charge in [0.15, 0.2) is 0 Å². The third-order valence-electron chi connectivity index (χ3n) is 2.99. The van der Waals surface area contributed by atoms with Crippen LogP contribution in [0.5, 0.6) is 11.5 Å². The number of nitrogens with zero attached hydrogens (tertiary/aromatic N) is 2. The maximum absolute atomic E-state index is 5.94. The minimum atomic E-state index is -0.0951. The van der Waals surface area contributed by atoms with Crippen LogP contribution in [0.4, 0.5) is 0 Å². The van der Waals surface area contributed by atoms with Crippen molar-refractivity contribution in [1.29, 1.82) is 0 Å². The second-order valence-corrected chi connectivity index (χ2v) is 4.44. The molecule has 0 unspecified atom stereocenters. The number of imidazole rings is 1. The summed E-state index contributed by atoms with van der Waals surface area (Å²) in [7, 11) is 3.56. The molecule has 0 aliphatic heterocycles. The van der Waals surface area contributed by atoms with Gasteiger partial charge in [-0.3, -0.25) is 0 Å². The Hall–Kier alpha value is -2.01. The van der Waals surface area contributed by atoms with E-state index < -0.39 is 0 Å². The van der Waals surface area contributed by atoms with Crippen molar-refractivity contribution >= 4 is 0 Å². The molecule has 1 atom stereocenters. The molecule has 5 nitrogen and oxygen atoms in total. The zero-order valence-electron chi connectivity index (χ0n) is 11.5. The molecule has 0 bridgehead atoms. The first-order chi connectivity index (χ1) is 9.11. The molecule has 5 heteroatoms. The van der Waals surface area contributed by atoms with Gasteiger partial charge in [-0.2, -0.15) is 0 Å². The van der Waals surface area contributed by atoms with Crippen LogP contribution in [-0.2, 0) is 13.7 Å². The van der Waals surface area contributed by atoms with Gasteiger partial charge >= 0.3 is 0 Å². The smallest absolute Gasteiger partial charge is 0.146 e. The summed E-state index contributed by atoms with van der Waals surface area (Å²) in [6, 6.07) is 5.56. The van der Waals surface area contributed by atoms with Gasteiger partial charge in [0.2, 0.25) is 0 Å². The fraction of sp³-hybridized carbons (Fsp3) is 0.357. The van der Waals surface area contributed by atoms with Crippen LogP contribution in [-0.4, -0.2) is 16.7 Å². The monoisotopic (exact) mass is 261 g/mol. The quantitative estimate of drug-likeness (QED) is 0.894. The highest BCUT2D eigenvalue weighted by Gasteiger charge is 2.11. The molecule has 19 heavy (non-hydrogen) atoms. The van der Waals surface area contributed by atoms with Gasteiger partial charge in [0.05, 0.1) is 7.11 Å². The molecule has 0 radical (unpaired) electrons. The van der Waals surface area contributed by atoms with Gasteiger partial charge in [-0.25, -0.2) is 4.98 Å². The maximum Gasteiger partial charge on any atom is 0.146 e. The van der Waals surface area contributed by atoms with Crippen LogP contribution in [0.2, 0.25) is 0 Å². The molecule has 0 aliphatic rings. The number of hydrogen-bond donors (Lipinski definition) is 1. The Morgan fingerprint density at radius 3 is 2.79 bits per heavy atom. The second-order valence-electron chi connectivity index (χ2n) is 4.44. The SMILES string of the molecule is COc1ccc([C@H](C)N)c(OCc2nccn2C)c1. The summed E-state index contributed by atoms with van der Waals surface area (Å²) in [6.07, 6.45) is 3.63. The van der Waals surface area contributed by atoms with Gasteiger partial charge in [-0.15, -0.1) is 0 Å². The lowest BCUT2D eigenvalue weighted by Crippen LogP contribution is -2.09. The number of ether oxygens (including phenoxy) is 2. The van der Waals surface area contributed by atoms with Gasteiger partial charge < -0.3 is 19.8 Å². The first-order valence-electron chi connectivity index (χ1n) is 6.14. The lowest BCUT2D eigenvalue weighted by atomic mass is 10.1. The molecule has 1 aromatic carbocycles. The van der Waals surface area contributed by atoms with E-state index in [1.165, 1.54) is 0 Å². The average Bonchev–Trinajstić information content (AvgIpc) is 2.81. The summed E-state index contributed by atoms with van der Waals surface area (Å²) in [5, 5.41) is 0. The molecule has 0 saturated heterocycles. The summed E-state index contributed by atoms with van der Waals surface area (Å²) >= 11 is 0. The molecule has 0 amide bonds. The fourth-order valence-corrected chi connectivity index (χ4v) is 1.82. The second kappa shape index (κ2) is 5.75. The van der Waals surface area contributed by atoms with Crippen LogP contribution in [0.15, 0.2) is 30.6 Å². The van der Waals surface area contributed by atoms with E-state index in [1.54, 1.807) is 13.3 Å². The molecular formula is C14H19N3O2.